The summed E-state index contributed by atoms with van der Waals surface area (Å²) in [6.07, 6.45) is 0.385. The van der Waals surface area contributed by atoms with Gasteiger partial charge in [-0.2, -0.15) is 0 Å². The Kier molecular flexibility index (Phi) is 4.84. The Hall–Kier alpha value is -2.45. The van der Waals surface area contributed by atoms with E-state index in [9.17, 15) is 18.0 Å². The van der Waals surface area contributed by atoms with Crippen LogP contribution in [0.3, 0.4) is 0 Å². The minimum atomic E-state index is -3.17. The topological polar surface area (TPSA) is 84.7 Å². The van der Waals surface area contributed by atoms with E-state index in [1.54, 1.807) is 12.1 Å². The maximum atomic E-state index is 13.2. The first-order valence-electron chi connectivity index (χ1n) is 8.91. The van der Waals surface area contributed by atoms with E-state index < -0.39 is 21.8 Å². The van der Waals surface area contributed by atoms with E-state index >= 15 is 0 Å². The van der Waals surface area contributed by atoms with Crippen molar-refractivity contribution in [2.75, 3.05) is 11.5 Å². The van der Waals surface area contributed by atoms with Crippen LogP contribution in [0.15, 0.2) is 51.0 Å². The summed E-state index contributed by atoms with van der Waals surface area (Å²) in [6.45, 7) is 2.16. The van der Waals surface area contributed by atoms with Crippen LogP contribution in [0.5, 0.6) is 0 Å². The average molecular weight is 418 g/mol. The number of carbonyl (C=O) groups is 1. The normalized spacial score (nSPS) is 18.4. The molecule has 3 aromatic rings. The fourth-order valence-electron chi connectivity index (χ4n) is 3.48. The van der Waals surface area contributed by atoms with E-state index in [2.05, 4.69) is 0 Å². The molecular formula is C20H19NO5S2. The first kappa shape index (κ1) is 18.9. The summed E-state index contributed by atoms with van der Waals surface area (Å²) in [6, 6.07) is 9.76. The Balaban J connectivity index is 1.73. The van der Waals surface area contributed by atoms with Crippen molar-refractivity contribution in [1.82, 2.24) is 4.90 Å². The van der Waals surface area contributed by atoms with Crippen LogP contribution in [0.2, 0.25) is 0 Å². The first-order valence-corrected chi connectivity index (χ1v) is 11.6. The molecule has 1 aliphatic rings. The lowest BCUT2D eigenvalue weighted by molar-refractivity contribution is 0.0651. The summed E-state index contributed by atoms with van der Waals surface area (Å²) >= 11 is 1.49. The van der Waals surface area contributed by atoms with E-state index in [1.807, 2.05) is 30.5 Å². The quantitative estimate of drug-likeness (QED) is 0.652. The van der Waals surface area contributed by atoms with Gasteiger partial charge in [-0.3, -0.25) is 9.59 Å². The zero-order valence-electron chi connectivity index (χ0n) is 15.3. The van der Waals surface area contributed by atoms with Gasteiger partial charge in [-0.15, -0.1) is 11.3 Å². The molecule has 6 nitrogen and oxygen atoms in total. The van der Waals surface area contributed by atoms with Gasteiger partial charge in [0.25, 0.3) is 5.91 Å². The lowest BCUT2D eigenvalue weighted by atomic mass is 10.1. The molecule has 0 N–H and O–H groups in total. The molecule has 0 bridgehead atoms. The summed E-state index contributed by atoms with van der Waals surface area (Å²) in [5.41, 5.74) is 0.981. The van der Waals surface area contributed by atoms with Crippen molar-refractivity contribution < 1.29 is 17.6 Å². The second kappa shape index (κ2) is 7.18. The minimum Gasteiger partial charge on any atom is -0.451 e. The van der Waals surface area contributed by atoms with Gasteiger partial charge >= 0.3 is 0 Å². The highest BCUT2D eigenvalue weighted by Crippen LogP contribution is 2.24. The maximum absolute atomic E-state index is 13.2. The van der Waals surface area contributed by atoms with E-state index in [1.165, 1.54) is 22.3 Å². The number of fused-ring (bicyclic) bond motifs is 1. The molecule has 4 rings (SSSR count). The van der Waals surface area contributed by atoms with Crippen LogP contribution in [-0.4, -0.2) is 36.8 Å². The Morgan fingerprint density at radius 2 is 2.11 bits per heavy atom. The number of thiophene rings is 1. The lowest BCUT2D eigenvalue weighted by Crippen LogP contribution is -2.40. The summed E-state index contributed by atoms with van der Waals surface area (Å²) in [7, 11) is -3.17. The third kappa shape index (κ3) is 3.74. The zero-order valence-corrected chi connectivity index (χ0v) is 16.9. The highest BCUT2D eigenvalue weighted by molar-refractivity contribution is 7.91. The van der Waals surface area contributed by atoms with Crippen LogP contribution >= 0.6 is 11.3 Å². The highest BCUT2D eigenvalue weighted by atomic mass is 32.2. The number of carbonyl (C=O) groups excluding carboxylic acids is 1. The number of hydrogen-bond acceptors (Lipinski definition) is 6. The number of aryl methyl sites for hydroxylation is 1. The molecule has 0 aliphatic carbocycles. The largest absolute Gasteiger partial charge is 0.451 e. The minimum absolute atomic E-state index is 0.0623. The van der Waals surface area contributed by atoms with Gasteiger partial charge < -0.3 is 9.32 Å². The number of hydrogen-bond donors (Lipinski definition) is 0. The molecule has 0 spiro atoms. The molecule has 1 amide bonds. The summed E-state index contributed by atoms with van der Waals surface area (Å²) in [5, 5.41) is 2.33. The van der Waals surface area contributed by atoms with Crippen molar-refractivity contribution >= 4 is 38.1 Å². The van der Waals surface area contributed by atoms with Crippen molar-refractivity contribution in [3.8, 4) is 0 Å². The van der Waals surface area contributed by atoms with Gasteiger partial charge in [0.2, 0.25) is 0 Å². The molecule has 146 valence electrons. The van der Waals surface area contributed by atoms with Gasteiger partial charge in [0, 0.05) is 17.0 Å². The van der Waals surface area contributed by atoms with Gasteiger partial charge in [0.15, 0.2) is 21.0 Å². The molecular weight excluding hydrogens is 398 g/mol. The SMILES string of the molecule is Cc1ccc2oc(C(=O)N(Cc3cccs3)C3CCS(=O)(=O)C3)cc(=O)c2c1. The summed E-state index contributed by atoms with van der Waals surface area (Å²) in [5.74, 6) is -0.536. The van der Waals surface area contributed by atoms with Crippen LogP contribution < -0.4 is 5.43 Å². The second-order valence-electron chi connectivity index (χ2n) is 7.04. The predicted octanol–water partition coefficient (Wildman–Crippen LogP) is 2.99. The van der Waals surface area contributed by atoms with Crippen molar-refractivity contribution in [2.24, 2.45) is 0 Å². The van der Waals surface area contributed by atoms with E-state index in [0.29, 0.717) is 17.4 Å². The van der Waals surface area contributed by atoms with E-state index in [-0.39, 0.29) is 29.2 Å². The Morgan fingerprint density at radius 3 is 2.79 bits per heavy atom. The van der Waals surface area contributed by atoms with Crippen molar-refractivity contribution in [2.45, 2.75) is 25.9 Å². The molecule has 28 heavy (non-hydrogen) atoms. The van der Waals surface area contributed by atoms with E-state index in [4.69, 9.17) is 4.42 Å². The van der Waals surface area contributed by atoms with Crippen molar-refractivity contribution in [1.29, 1.82) is 0 Å². The maximum Gasteiger partial charge on any atom is 0.290 e. The number of sulfone groups is 1. The lowest BCUT2D eigenvalue weighted by Gasteiger charge is -2.27. The molecule has 2 aromatic heterocycles. The zero-order chi connectivity index (χ0) is 19.9. The molecule has 1 saturated heterocycles. The molecule has 0 saturated carbocycles. The number of amides is 1. The smallest absolute Gasteiger partial charge is 0.290 e. The molecule has 8 heteroatoms. The molecule has 1 aliphatic heterocycles. The Bertz CT molecular complexity index is 1200. The van der Waals surface area contributed by atoms with Crippen LogP contribution in [-0.2, 0) is 16.4 Å². The van der Waals surface area contributed by atoms with Crippen LogP contribution in [0.4, 0.5) is 0 Å². The number of nitrogens with zero attached hydrogens (tertiary/aromatic N) is 1. The van der Waals surface area contributed by atoms with Crippen molar-refractivity contribution in [3.05, 3.63) is 68.2 Å². The standard InChI is InChI=1S/C20H19NO5S2/c1-13-4-5-18-16(9-13)17(22)10-19(26-18)20(23)21(11-15-3-2-7-27-15)14-6-8-28(24,25)12-14/h2-5,7,9-10,14H,6,8,11-12H2,1H3. The average Bonchev–Trinajstić information content (AvgIpc) is 3.28. The van der Waals surface area contributed by atoms with Crippen LogP contribution in [0.25, 0.3) is 11.0 Å². The molecule has 1 aromatic carbocycles. The van der Waals surface area contributed by atoms with Crippen molar-refractivity contribution in [3.63, 3.8) is 0 Å². The van der Waals surface area contributed by atoms with E-state index in [0.717, 1.165) is 10.4 Å². The summed E-state index contributed by atoms with van der Waals surface area (Å²) in [4.78, 5) is 28.2. The van der Waals surface area contributed by atoms with Gasteiger partial charge in [-0.05, 0) is 36.9 Å². The monoisotopic (exact) mass is 417 g/mol. The first-order chi connectivity index (χ1) is 13.3. The molecule has 1 fully saturated rings. The van der Waals surface area contributed by atoms with Gasteiger partial charge in [0.1, 0.15) is 5.58 Å². The van der Waals surface area contributed by atoms with Gasteiger partial charge in [-0.1, -0.05) is 17.7 Å². The third-order valence-electron chi connectivity index (χ3n) is 4.91. The van der Waals surface area contributed by atoms with Gasteiger partial charge in [0.05, 0.1) is 23.4 Å². The molecule has 1 unspecified atom stereocenters. The van der Waals surface area contributed by atoms with Gasteiger partial charge in [-0.25, -0.2) is 8.42 Å². The molecule has 3 heterocycles. The third-order valence-corrected chi connectivity index (χ3v) is 7.52. The Labute approximate surface area is 166 Å². The predicted molar refractivity (Wildman–Crippen MR) is 108 cm³/mol. The number of benzene rings is 1. The second-order valence-corrected chi connectivity index (χ2v) is 10.3. The van der Waals surface area contributed by atoms with Crippen LogP contribution in [0, 0.1) is 6.92 Å². The summed E-state index contributed by atoms with van der Waals surface area (Å²) < 4.78 is 29.7. The molecule has 0 radical (unpaired) electrons. The fourth-order valence-corrected chi connectivity index (χ4v) is 5.91. The fraction of sp³-hybridized carbons (Fsp3) is 0.300. The van der Waals surface area contributed by atoms with Crippen LogP contribution in [0.1, 0.15) is 27.4 Å². The Morgan fingerprint density at radius 1 is 1.29 bits per heavy atom. The molecule has 1 atom stereocenters. The number of rotatable bonds is 4. The highest BCUT2D eigenvalue weighted by Gasteiger charge is 2.36.